The van der Waals surface area contributed by atoms with Gasteiger partial charge in [0.2, 0.25) is 0 Å². The average Bonchev–Trinajstić information content (AvgIpc) is 2.41. The molecule has 2 aliphatic heterocycles. The third-order valence-corrected chi connectivity index (χ3v) is 6.31. The third-order valence-electron chi connectivity index (χ3n) is 6.31. The molecule has 0 amide bonds. The van der Waals surface area contributed by atoms with Crippen LogP contribution in [0.4, 0.5) is 0 Å². The first-order chi connectivity index (χ1) is 11.0. The predicted octanol–water partition coefficient (Wildman–Crippen LogP) is 2.96. The van der Waals surface area contributed by atoms with Crippen LogP contribution in [0.25, 0.3) is 0 Å². The van der Waals surface area contributed by atoms with E-state index in [2.05, 4.69) is 0 Å². The fourth-order valence-electron chi connectivity index (χ4n) is 4.95. The van der Waals surface area contributed by atoms with Crippen molar-refractivity contribution in [1.29, 1.82) is 0 Å². The van der Waals surface area contributed by atoms with Crippen molar-refractivity contribution in [2.75, 3.05) is 0 Å². The molecule has 0 aromatic carbocycles. The smallest absolute Gasteiger partial charge is 0.139 e. The molecule has 0 aromatic rings. The van der Waals surface area contributed by atoms with Crippen molar-refractivity contribution < 1.29 is 20.0 Å². The van der Waals surface area contributed by atoms with Gasteiger partial charge in [-0.3, -0.25) is 9.59 Å². The zero-order valence-corrected chi connectivity index (χ0v) is 16.8. The van der Waals surface area contributed by atoms with Gasteiger partial charge in [0.15, 0.2) is 0 Å². The Morgan fingerprint density at radius 3 is 1.28 bits per heavy atom. The number of hydroxylamine groups is 4. The highest BCUT2D eigenvalue weighted by Gasteiger charge is 2.57. The SMILES string of the molecule is CC1(C)CC(=O)C(CC2C(=O)CC(C)(C)N([O])C2(C)C)C(C)(C)N1[O]. The van der Waals surface area contributed by atoms with Crippen molar-refractivity contribution in [2.45, 2.75) is 96.8 Å². The van der Waals surface area contributed by atoms with Gasteiger partial charge in [-0.1, -0.05) is 0 Å². The van der Waals surface area contributed by atoms with Crippen LogP contribution >= 0.6 is 0 Å². The monoisotopic (exact) mass is 352 g/mol. The predicted molar refractivity (Wildman–Crippen MR) is 92.2 cm³/mol. The molecule has 2 saturated heterocycles. The number of hydrogen-bond donors (Lipinski definition) is 0. The lowest BCUT2D eigenvalue weighted by Gasteiger charge is -2.54. The lowest BCUT2D eigenvalue weighted by atomic mass is 9.64. The summed E-state index contributed by atoms with van der Waals surface area (Å²) < 4.78 is 0. The zero-order valence-electron chi connectivity index (χ0n) is 16.8. The van der Waals surface area contributed by atoms with Gasteiger partial charge in [0, 0.05) is 24.7 Å². The molecule has 0 aliphatic carbocycles. The maximum atomic E-state index is 12.8. The van der Waals surface area contributed by atoms with Gasteiger partial charge in [-0.2, -0.15) is 0 Å². The molecular formula is C19H32N2O4. The minimum Gasteiger partial charge on any atom is -0.299 e. The van der Waals surface area contributed by atoms with Crippen LogP contribution in [0.5, 0.6) is 0 Å². The molecule has 2 fully saturated rings. The number of carbonyl (C=O) groups is 2. The lowest BCUT2D eigenvalue weighted by molar-refractivity contribution is -0.303. The van der Waals surface area contributed by atoms with Crippen molar-refractivity contribution in [1.82, 2.24) is 10.1 Å². The summed E-state index contributed by atoms with van der Waals surface area (Å²) in [4.78, 5) is 25.6. The molecule has 2 heterocycles. The van der Waals surface area contributed by atoms with Gasteiger partial charge < -0.3 is 0 Å². The highest BCUT2D eigenvalue weighted by Crippen LogP contribution is 2.47. The fourth-order valence-corrected chi connectivity index (χ4v) is 4.95. The van der Waals surface area contributed by atoms with E-state index in [0.717, 1.165) is 10.1 Å². The summed E-state index contributed by atoms with van der Waals surface area (Å²) in [6.45, 7) is 14.2. The zero-order chi connectivity index (χ0) is 19.6. The molecule has 0 bridgehead atoms. The Morgan fingerprint density at radius 1 is 0.720 bits per heavy atom. The van der Waals surface area contributed by atoms with E-state index in [4.69, 9.17) is 0 Å². The average molecular weight is 352 g/mol. The van der Waals surface area contributed by atoms with Crippen molar-refractivity contribution >= 4 is 11.6 Å². The van der Waals surface area contributed by atoms with Crippen LogP contribution in [0, 0.1) is 11.8 Å². The maximum absolute atomic E-state index is 12.8. The molecule has 2 atom stereocenters. The Labute approximate surface area is 151 Å². The van der Waals surface area contributed by atoms with Crippen molar-refractivity contribution in [3.8, 4) is 0 Å². The summed E-state index contributed by atoms with van der Waals surface area (Å²) in [5, 5.41) is 27.6. The molecule has 2 radical (unpaired) electrons. The van der Waals surface area contributed by atoms with Gasteiger partial charge in [0.25, 0.3) is 0 Å². The minimum atomic E-state index is -0.907. The first kappa shape index (κ1) is 20.5. The van der Waals surface area contributed by atoms with Gasteiger partial charge in [0.05, 0.1) is 22.2 Å². The summed E-state index contributed by atoms with van der Waals surface area (Å²) >= 11 is 0. The molecule has 0 saturated carbocycles. The number of carbonyl (C=O) groups excluding carboxylic acids is 2. The number of nitrogens with zero attached hydrogens (tertiary/aromatic N) is 2. The van der Waals surface area contributed by atoms with E-state index >= 15 is 0 Å². The standard InChI is InChI=1S/C19H32N2O4/c1-16(2)10-14(22)12(18(5,6)20(16)24)9-13-15(23)11-17(3,4)21(25)19(13,7)8/h12-13H,9-11H2,1-8H3. The number of Topliss-reactive ketones (excluding diaryl/α,β-unsaturated/α-hetero) is 2. The number of ketones is 2. The Bertz CT molecular complexity index is 530. The quantitative estimate of drug-likeness (QED) is 0.765. The van der Waals surface area contributed by atoms with E-state index in [1.54, 1.807) is 55.4 Å². The Balaban J connectivity index is 2.35. The Kier molecular flexibility index (Phi) is 4.79. The summed E-state index contributed by atoms with van der Waals surface area (Å²) in [7, 11) is 0. The summed E-state index contributed by atoms with van der Waals surface area (Å²) in [5.74, 6) is -1.09. The number of hydrogen-bond acceptors (Lipinski definition) is 4. The fraction of sp³-hybridized carbons (Fsp3) is 0.895. The topological polar surface area (TPSA) is 80.4 Å². The lowest BCUT2D eigenvalue weighted by Crippen LogP contribution is -2.67. The van der Waals surface area contributed by atoms with Crippen molar-refractivity contribution in [2.24, 2.45) is 11.8 Å². The molecule has 0 N–H and O–H groups in total. The highest BCUT2D eigenvalue weighted by molar-refractivity contribution is 5.87. The Hall–Kier alpha value is -0.820. The molecule has 0 aromatic heterocycles. The van der Waals surface area contributed by atoms with Crippen LogP contribution in [-0.4, -0.2) is 43.8 Å². The molecule has 142 valence electrons. The molecule has 6 heteroatoms. The molecule has 2 aliphatic rings. The highest BCUT2D eigenvalue weighted by atomic mass is 16.5. The molecule has 0 spiro atoms. The van der Waals surface area contributed by atoms with E-state index in [9.17, 15) is 20.0 Å². The maximum Gasteiger partial charge on any atom is 0.139 e. The minimum absolute atomic E-state index is 0.00739. The summed E-state index contributed by atoms with van der Waals surface area (Å²) in [5.41, 5.74) is -3.32. The second-order valence-electron chi connectivity index (χ2n) is 10.1. The molecule has 25 heavy (non-hydrogen) atoms. The van der Waals surface area contributed by atoms with Gasteiger partial charge in [-0.05, 0) is 61.8 Å². The van der Waals surface area contributed by atoms with E-state index in [1.807, 2.05) is 0 Å². The van der Waals surface area contributed by atoms with Crippen molar-refractivity contribution in [3.63, 3.8) is 0 Å². The second kappa shape index (κ2) is 5.84. The number of rotatable bonds is 2. The van der Waals surface area contributed by atoms with E-state index in [1.165, 1.54) is 0 Å². The molecule has 6 nitrogen and oxygen atoms in total. The van der Waals surface area contributed by atoms with Gasteiger partial charge in [-0.25, -0.2) is 0 Å². The normalized spacial score (nSPS) is 35.0. The van der Waals surface area contributed by atoms with Crippen LogP contribution in [-0.2, 0) is 20.0 Å². The van der Waals surface area contributed by atoms with Gasteiger partial charge in [-0.15, -0.1) is 20.5 Å². The number of piperidine rings is 2. The van der Waals surface area contributed by atoms with E-state index in [0.29, 0.717) is 0 Å². The van der Waals surface area contributed by atoms with E-state index < -0.39 is 34.0 Å². The van der Waals surface area contributed by atoms with Crippen LogP contribution < -0.4 is 0 Å². The van der Waals surface area contributed by atoms with Crippen molar-refractivity contribution in [3.05, 3.63) is 0 Å². The van der Waals surface area contributed by atoms with Gasteiger partial charge >= 0.3 is 0 Å². The van der Waals surface area contributed by atoms with Gasteiger partial charge in [0.1, 0.15) is 11.6 Å². The van der Waals surface area contributed by atoms with E-state index in [-0.39, 0.29) is 30.8 Å². The van der Waals surface area contributed by atoms with Crippen LogP contribution in [0.1, 0.15) is 74.7 Å². The van der Waals surface area contributed by atoms with Crippen LogP contribution in [0.3, 0.4) is 0 Å². The molecule has 2 rings (SSSR count). The van der Waals surface area contributed by atoms with Crippen LogP contribution in [0.2, 0.25) is 0 Å². The summed E-state index contributed by atoms with van der Waals surface area (Å²) in [6.07, 6.45) is 0.582. The van der Waals surface area contributed by atoms with Crippen LogP contribution in [0.15, 0.2) is 0 Å². The Morgan fingerprint density at radius 2 is 1.00 bits per heavy atom. The first-order valence-corrected chi connectivity index (χ1v) is 9.05. The molecule has 2 unspecified atom stereocenters. The second-order valence-corrected chi connectivity index (χ2v) is 10.1. The third kappa shape index (κ3) is 3.18. The summed E-state index contributed by atoms with van der Waals surface area (Å²) in [6, 6.07) is 0. The molecular weight excluding hydrogens is 320 g/mol. The largest absolute Gasteiger partial charge is 0.299 e. The first-order valence-electron chi connectivity index (χ1n) is 9.05.